The summed E-state index contributed by atoms with van der Waals surface area (Å²) in [5, 5.41) is 5.19. The first kappa shape index (κ1) is 14.8. The minimum atomic E-state index is 0.441. The van der Waals surface area contributed by atoms with E-state index in [9.17, 15) is 0 Å². The van der Waals surface area contributed by atoms with Gasteiger partial charge in [0.05, 0.1) is 0 Å². The van der Waals surface area contributed by atoms with Crippen molar-refractivity contribution in [1.29, 1.82) is 0 Å². The maximum absolute atomic E-state index is 4.36. The lowest BCUT2D eigenvalue weighted by molar-refractivity contribution is 0.214. The van der Waals surface area contributed by atoms with Crippen molar-refractivity contribution in [3.63, 3.8) is 0 Å². The Morgan fingerprint density at radius 3 is 2.79 bits per heavy atom. The van der Waals surface area contributed by atoms with Gasteiger partial charge in [-0.15, -0.1) is 0 Å². The Hall–Kier alpha value is -0.610. The van der Waals surface area contributed by atoms with Crippen molar-refractivity contribution in [3.05, 3.63) is 18.5 Å². The van der Waals surface area contributed by atoms with Gasteiger partial charge in [0, 0.05) is 23.7 Å². The topological polar surface area (TPSA) is 37.8 Å². The van der Waals surface area contributed by atoms with E-state index in [1.807, 2.05) is 30.2 Å². The van der Waals surface area contributed by atoms with E-state index in [1.54, 1.807) is 0 Å². The molecule has 2 rings (SSSR count). The molecule has 2 unspecified atom stereocenters. The van der Waals surface area contributed by atoms with Crippen LogP contribution < -0.4 is 5.32 Å². The van der Waals surface area contributed by atoms with Gasteiger partial charge in [-0.25, -0.2) is 9.97 Å². The van der Waals surface area contributed by atoms with Crippen LogP contribution in [0.1, 0.15) is 46.5 Å². The number of rotatable bonds is 5. The summed E-state index contributed by atoms with van der Waals surface area (Å²) >= 11 is 1.84. The van der Waals surface area contributed by atoms with Crippen LogP contribution in [-0.2, 0) is 0 Å². The SMILES string of the molecule is CCCNC1CCC(C)(C)CC1Sc1ncccn1. The van der Waals surface area contributed by atoms with Gasteiger partial charge < -0.3 is 5.32 Å². The van der Waals surface area contributed by atoms with E-state index in [1.165, 1.54) is 25.7 Å². The van der Waals surface area contributed by atoms with Crippen molar-refractivity contribution in [2.75, 3.05) is 6.54 Å². The van der Waals surface area contributed by atoms with Crippen molar-refractivity contribution < 1.29 is 0 Å². The smallest absolute Gasteiger partial charge is 0.187 e. The molecule has 1 fully saturated rings. The van der Waals surface area contributed by atoms with Gasteiger partial charge in [-0.1, -0.05) is 32.5 Å². The maximum Gasteiger partial charge on any atom is 0.187 e. The first-order valence-corrected chi connectivity index (χ1v) is 8.16. The Kier molecular flexibility index (Phi) is 5.22. The van der Waals surface area contributed by atoms with Crippen molar-refractivity contribution in [3.8, 4) is 0 Å². The Balaban J connectivity index is 2.02. The van der Waals surface area contributed by atoms with Crippen LogP contribution in [-0.4, -0.2) is 27.8 Å². The summed E-state index contributed by atoms with van der Waals surface area (Å²) in [6.07, 6.45) is 8.66. The van der Waals surface area contributed by atoms with Crippen LogP contribution in [0, 0.1) is 5.41 Å². The highest BCUT2D eigenvalue weighted by Gasteiger charge is 2.35. The number of nitrogens with zero attached hydrogens (tertiary/aromatic N) is 2. The molecule has 1 heterocycles. The minimum absolute atomic E-state index is 0.441. The minimum Gasteiger partial charge on any atom is -0.313 e. The van der Waals surface area contributed by atoms with Gasteiger partial charge in [-0.2, -0.15) is 0 Å². The molecular weight excluding hydrogens is 254 g/mol. The van der Waals surface area contributed by atoms with Crippen LogP contribution >= 0.6 is 11.8 Å². The molecule has 1 aromatic heterocycles. The average Bonchev–Trinajstić information content (AvgIpc) is 2.38. The van der Waals surface area contributed by atoms with Crippen molar-refractivity contribution in [2.45, 2.75) is 62.9 Å². The highest BCUT2D eigenvalue weighted by Crippen LogP contribution is 2.41. The molecule has 1 N–H and O–H groups in total. The third-order valence-electron chi connectivity index (χ3n) is 3.79. The molecule has 0 saturated heterocycles. The van der Waals surface area contributed by atoms with Crippen molar-refractivity contribution >= 4 is 11.8 Å². The van der Waals surface area contributed by atoms with E-state index in [0.717, 1.165) is 11.7 Å². The number of hydrogen-bond acceptors (Lipinski definition) is 4. The van der Waals surface area contributed by atoms with Crippen molar-refractivity contribution in [1.82, 2.24) is 15.3 Å². The zero-order chi connectivity index (χ0) is 13.7. The Morgan fingerprint density at radius 1 is 1.37 bits per heavy atom. The summed E-state index contributed by atoms with van der Waals surface area (Å²) in [5.74, 6) is 0. The molecule has 1 aliphatic carbocycles. The Bertz CT molecular complexity index is 380. The predicted molar refractivity (Wildman–Crippen MR) is 81.4 cm³/mol. The van der Waals surface area contributed by atoms with Crippen LogP contribution in [0.2, 0.25) is 0 Å². The second kappa shape index (κ2) is 6.71. The molecular formula is C15H25N3S. The molecule has 0 spiro atoms. The Morgan fingerprint density at radius 2 is 2.11 bits per heavy atom. The molecule has 1 saturated carbocycles. The van der Waals surface area contributed by atoms with E-state index >= 15 is 0 Å². The van der Waals surface area contributed by atoms with Gasteiger partial charge in [0.25, 0.3) is 0 Å². The number of nitrogens with one attached hydrogen (secondary N) is 1. The predicted octanol–water partition coefficient (Wildman–Crippen LogP) is 3.52. The fraction of sp³-hybridized carbons (Fsp3) is 0.733. The molecule has 1 aromatic rings. The normalized spacial score (nSPS) is 26.3. The van der Waals surface area contributed by atoms with Gasteiger partial charge in [0.15, 0.2) is 5.16 Å². The molecule has 0 bridgehead atoms. The average molecular weight is 279 g/mol. The lowest BCUT2D eigenvalue weighted by Gasteiger charge is -2.40. The fourth-order valence-electron chi connectivity index (χ4n) is 2.69. The quantitative estimate of drug-likeness (QED) is 0.837. The highest BCUT2D eigenvalue weighted by molar-refractivity contribution is 7.99. The van der Waals surface area contributed by atoms with Gasteiger partial charge in [-0.05, 0) is 43.7 Å². The molecule has 3 nitrogen and oxygen atoms in total. The molecule has 19 heavy (non-hydrogen) atoms. The summed E-state index contributed by atoms with van der Waals surface area (Å²) in [5.41, 5.74) is 0.441. The standard InChI is InChI=1S/C15H25N3S/c1-4-8-16-12-6-7-15(2,3)11-13(12)19-14-17-9-5-10-18-14/h5,9-10,12-13,16H,4,6-8,11H2,1-3H3. The molecule has 1 aliphatic rings. The summed E-state index contributed by atoms with van der Waals surface area (Å²) < 4.78 is 0. The summed E-state index contributed by atoms with van der Waals surface area (Å²) in [7, 11) is 0. The van der Waals surface area contributed by atoms with Crippen molar-refractivity contribution in [2.24, 2.45) is 5.41 Å². The van der Waals surface area contributed by atoms with Crippen LogP contribution in [0.4, 0.5) is 0 Å². The third kappa shape index (κ3) is 4.46. The van der Waals surface area contributed by atoms with E-state index < -0.39 is 0 Å². The molecule has 0 amide bonds. The molecule has 0 radical (unpaired) electrons. The van der Waals surface area contributed by atoms with Gasteiger partial charge in [0.1, 0.15) is 0 Å². The summed E-state index contributed by atoms with van der Waals surface area (Å²) in [6.45, 7) is 8.09. The number of aromatic nitrogens is 2. The van der Waals surface area contributed by atoms with E-state index in [0.29, 0.717) is 16.7 Å². The molecule has 4 heteroatoms. The molecule has 2 atom stereocenters. The monoisotopic (exact) mass is 279 g/mol. The summed E-state index contributed by atoms with van der Waals surface area (Å²) in [4.78, 5) is 8.72. The van der Waals surface area contributed by atoms with Gasteiger partial charge >= 0.3 is 0 Å². The first-order chi connectivity index (χ1) is 9.11. The van der Waals surface area contributed by atoms with Crippen LogP contribution in [0.15, 0.2) is 23.6 Å². The molecule has 106 valence electrons. The van der Waals surface area contributed by atoms with E-state index in [2.05, 4.69) is 36.1 Å². The summed E-state index contributed by atoms with van der Waals surface area (Å²) in [6, 6.07) is 2.48. The number of hydrogen-bond donors (Lipinski definition) is 1. The van der Waals surface area contributed by atoms with Crippen LogP contribution in [0.3, 0.4) is 0 Å². The Labute approximate surface area is 121 Å². The first-order valence-electron chi connectivity index (χ1n) is 7.28. The third-order valence-corrected chi connectivity index (χ3v) is 5.01. The lowest BCUT2D eigenvalue weighted by Crippen LogP contribution is -2.45. The molecule has 0 aromatic carbocycles. The zero-order valence-electron chi connectivity index (χ0n) is 12.2. The highest BCUT2D eigenvalue weighted by atomic mass is 32.2. The second-order valence-corrected chi connectivity index (χ2v) is 7.36. The second-order valence-electron chi connectivity index (χ2n) is 6.16. The maximum atomic E-state index is 4.36. The fourth-order valence-corrected chi connectivity index (χ4v) is 4.14. The largest absolute Gasteiger partial charge is 0.313 e. The zero-order valence-corrected chi connectivity index (χ0v) is 13.0. The van der Waals surface area contributed by atoms with E-state index in [-0.39, 0.29) is 0 Å². The van der Waals surface area contributed by atoms with E-state index in [4.69, 9.17) is 0 Å². The van der Waals surface area contributed by atoms with Crippen LogP contribution in [0.25, 0.3) is 0 Å². The van der Waals surface area contributed by atoms with Gasteiger partial charge in [0.2, 0.25) is 0 Å². The van der Waals surface area contributed by atoms with Gasteiger partial charge in [-0.3, -0.25) is 0 Å². The van der Waals surface area contributed by atoms with Crippen LogP contribution in [0.5, 0.6) is 0 Å². The molecule has 0 aliphatic heterocycles. The lowest BCUT2D eigenvalue weighted by atomic mass is 9.75. The number of thioether (sulfide) groups is 1.